The molecule has 0 spiro atoms. The molecule has 0 saturated carbocycles. The van der Waals surface area contributed by atoms with Gasteiger partial charge >= 0.3 is 0 Å². The molecule has 3 nitrogen and oxygen atoms in total. The monoisotopic (exact) mass is 234 g/mol. The van der Waals surface area contributed by atoms with Crippen LogP contribution in [-0.2, 0) is 6.42 Å². The number of nitrogens with zero attached hydrogens (tertiary/aromatic N) is 1. The highest BCUT2D eigenvalue weighted by atomic mass is 16.5. The third kappa shape index (κ3) is 3.72. The van der Waals surface area contributed by atoms with Crippen LogP contribution in [-0.4, -0.2) is 37.7 Å². The Hall–Kier alpha value is -1.06. The van der Waals surface area contributed by atoms with E-state index in [1.54, 1.807) is 7.11 Å². The molecule has 0 aliphatic carbocycles. The van der Waals surface area contributed by atoms with Crippen LogP contribution in [0.2, 0.25) is 0 Å². The zero-order chi connectivity index (χ0) is 12.1. The summed E-state index contributed by atoms with van der Waals surface area (Å²) in [6, 6.07) is 8.71. The van der Waals surface area contributed by atoms with Crippen molar-refractivity contribution in [3.05, 3.63) is 29.8 Å². The lowest BCUT2D eigenvalue weighted by molar-refractivity contribution is 0.211. The molecule has 1 fully saturated rings. The molecule has 3 heteroatoms. The molecular weight excluding hydrogens is 212 g/mol. The predicted octanol–water partition coefficient (Wildman–Crippen LogP) is 1.66. The molecule has 94 valence electrons. The lowest BCUT2D eigenvalue weighted by atomic mass is 10.1. The highest BCUT2D eigenvalue weighted by Crippen LogP contribution is 2.13. The topological polar surface area (TPSA) is 38.5 Å². The molecule has 1 heterocycles. The van der Waals surface area contributed by atoms with Crippen LogP contribution in [0, 0.1) is 0 Å². The second-order valence-corrected chi connectivity index (χ2v) is 4.80. The van der Waals surface area contributed by atoms with E-state index in [-0.39, 0.29) is 0 Å². The molecule has 1 unspecified atom stereocenters. The molecule has 1 aromatic rings. The molecule has 1 aromatic carbocycles. The fraction of sp³-hybridized carbons (Fsp3) is 0.571. The van der Waals surface area contributed by atoms with E-state index in [9.17, 15) is 0 Å². The average Bonchev–Trinajstić information content (AvgIpc) is 2.37. The van der Waals surface area contributed by atoms with Crippen LogP contribution in [0.1, 0.15) is 18.4 Å². The van der Waals surface area contributed by atoms with Crippen LogP contribution in [0.25, 0.3) is 0 Å². The van der Waals surface area contributed by atoms with Gasteiger partial charge in [-0.15, -0.1) is 0 Å². The summed E-state index contributed by atoms with van der Waals surface area (Å²) in [5, 5.41) is 0. The van der Waals surface area contributed by atoms with Crippen LogP contribution >= 0.6 is 0 Å². The molecule has 0 bridgehead atoms. The summed E-state index contributed by atoms with van der Waals surface area (Å²) >= 11 is 0. The zero-order valence-corrected chi connectivity index (χ0v) is 10.6. The average molecular weight is 234 g/mol. The number of hydrogen-bond acceptors (Lipinski definition) is 3. The summed E-state index contributed by atoms with van der Waals surface area (Å²) < 4.78 is 5.15. The van der Waals surface area contributed by atoms with Gasteiger partial charge in [-0.2, -0.15) is 0 Å². The molecule has 1 aliphatic rings. The van der Waals surface area contributed by atoms with Gasteiger partial charge in [0.2, 0.25) is 0 Å². The Morgan fingerprint density at radius 3 is 2.76 bits per heavy atom. The molecule has 0 aromatic heterocycles. The van der Waals surface area contributed by atoms with E-state index in [2.05, 4.69) is 17.0 Å². The SMILES string of the molecule is COc1ccc(CCN2CCCC(N)C2)cc1. The summed E-state index contributed by atoms with van der Waals surface area (Å²) in [5.41, 5.74) is 7.34. The molecule has 2 rings (SSSR count). The van der Waals surface area contributed by atoms with Crippen LogP contribution < -0.4 is 10.5 Å². The predicted molar refractivity (Wildman–Crippen MR) is 70.3 cm³/mol. The Morgan fingerprint density at radius 2 is 2.12 bits per heavy atom. The first-order valence-corrected chi connectivity index (χ1v) is 6.39. The third-order valence-corrected chi connectivity index (χ3v) is 3.42. The first kappa shape index (κ1) is 12.4. The maximum absolute atomic E-state index is 5.97. The number of likely N-dealkylation sites (tertiary alicyclic amines) is 1. The van der Waals surface area contributed by atoms with Crippen molar-refractivity contribution in [1.82, 2.24) is 4.90 Å². The first-order chi connectivity index (χ1) is 8.28. The highest BCUT2D eigenvalue weighted by Gasteiger charge is 2.15. The maximum Gasteiger partial charge on any atom is 0.118 e. The minimum absolute atomic E-state index is 0.375. The van der Waals surface area contributed by atoms with Gasteiger partial charge in [-0.1, -0.05) is 12.1 Å². The van der Waals surface area contributed by atoms with E-state index >= 15 is 0 Å². The number of ether oxygens (including phenoxy) is 1. The second-order valence-electron chi connectivity index (χ2n) is 4.80. The van der Waals surface area contributed by atoms with Gasteiger partial charge in [-0.05, 0) is 43.5 Å². The first-order valence-electron chi connectivity index (χ1n) is 6.39. The summed E-state index contributed by atoms with van der Waals surface area (Å²) in [6.45, 7) is 3.36. The van der Waals surface area contributed by atoms with Crippen molar-refractivity contribution in [1.29, 1.82) is 0 Å². The van der Waals surface area contributed by atoms with Crippen LogP contribution in [0.3, 0.4) is 0 Å². The number of hydrogen-bond donors (Lipinski definition) is 1. The number of benzene rings is 1. The molecule has 1 atom stereocenters. The standard InChI is InChI=1S/C14H22N2O/c1-17-14-6-4-12(5-7-14)8-10-16-9-2-3-13(15)11-16/h4-7,13H,2-3,8-11,15H2,1H3. The number of methoxy groups -OCH3 is 1. The summed E-state index contributed by atoms with van der Waals surface area (Å²) in [6.07, 6.45) is 3.51. The Balaban J connectivity index is 1.80. The van der Waals surface area contributed by atoms with E-state index in [0.717, 1.165) is 25.3 Å². The molecule has 1 saturated heterocycles. The second kappa shape index (κ2) is 6.03. The summed E-state index contributed by atoms with van der Waals surface area (Å²) in [5.74, 6) is 0.925. The van der Waals surface area contributed by atoms with Gasteiger partial charge < -0.3 is 15.4 Å². The van der Waals surface area contributed by atoms with Gasteiger partial charge in [0.15, 0.2) is 0 Å². The lowest BCUT2D eigenvalue weighted by Gasteiger charge is -2.30. The Bertz CT molecular complexity index is 337. The minimum atomic E-state index is 0.375. The van der Waals surface area contributed by atoms with Crippen LogP contribution in [0.4, 0.5) is 0 Å². The van der Waals surface area contributed by atoms with Crippen molar-refractivity contribution >= 4 is 0 Å². The van der Waals surface area contributed by atoms with Gasteiger partial charge in [0, 0.05) is 19.1 Å². The van der Waals surface area contributed by atoms with Crippen LogP contribution in [0.15, 0.2) is 24.3 Å². The number of nitrogens with two attached hydrogens (primary N) is 1. The Labute approximate surface area is 104 Å². The molecule has 1 aliphatic heterocycles. The van der Waals surface area contributed by atoms with Gasteiger partial charge in [-0.3, -0.25) is 0 Å². The molecular formula is C14H22N2O. The van der Waals surface area contributed by atoms with Gasteiger partial charge in [0.25, 0.3) is 0 Å². The smallest absolute Gasteiger partial charge is 0.118 e. The van der Waals surface area contributed by atoms with E-state index in [1.165, 1.54) is 24.9 Å². The summed E-state index contributed by atoms with van der Waals surface area (Å²) in [7, 11) is 1.70. The van der Waals surface area contributed by atoms with Crippen molar-refractivity contribution in [2.24, 2.45) is 5.73 Å². The van der Waals surface area contributed by atoms with Crippen molar-refractivity contribution in [2.75, 3.05) is 26.7 Å². The lowest BCUT2D eigenvalue weighted by Crippen LogP contribution is -2.43. The summed E-state index contributed by atoms with van der Waals surface area (Å²) in [4.78, 5) is 2.47. The quantitative estimate of drug-likeness (QED) is 0.861. The number of rotatable bonds is 4. The van der Waals surface area contributed by atoms with Gasteiger partial charge in [-0.25, -0.2) is 0 Å². The maximum atomic E-state index is 5.97. The van der Waals surface area contributed by atoms with Gasteiger partial charge in [0.05, 0.1) is 7.11 Å². The van der Waals surface area contributed by atoms with Crippen molar-refractivity contribution in [2.45, 2.75) is 25.3 Å². The van der Waals surface area contributed by atoms with Crippen LogP contribution in [0.5, 0.6) is 5.75 Å². The molecule has 2 N–H and O–H groups in total. The third-order valence-electron chi connectivity index (χ3n) is 3.42. The van der Waals surface area contributed by atoms with E-state index in [0.29, 0.717) is 6.04 Å². The van der Waals surface area contributed by atoms with E-state index < -0.39 is 0 Å². The molecule has 0 radical (unpaired) electrons. The molecule has 0 amide bonds. The number of piperidine rings is 1. The Kier molecular flexibility index (Phi) is 4.40. The Morgan fingerprint density at radius 1 is 1.35 bits per heavy atom. The highest BCUT2D eigenvalue weighted by molar-refractivity contribution is 5.27. The van der Waals surface area contributed by atoms with E-state index in [4.69, 9.17) is 10.5 Å². The van der Waals surface area contributed by atoms with Gasteiger partial charge in [0.1, 0.15) is 5.75 Å². The minimum Gasteiger partial charge on any atom is -0.497 e. The van der Waals surface area contributed by atoms with E-state index in [1.807, 2.05) is 12.1 Å². The zero-order valence-electron chi connectivity index (χ0n) is 10.6. The van der Waals surface area contributed by atoms with Crippen molar-refractivity contribution in [3.8, 4) is 5.75 Å². The molecule has 17 heavy (non-hydrogen) atoms. The fourth-order valence-electron chi connectivity index (χ4n) is 2.37. The largest absolute Gasteiger partial charge is 0.497 e. The van der Waals surface area contributed by atoms with Crippen molar-refractivity contribution in [3.63, 3.8) is 0 Å². The normalized spacial score (nSPS) is 21.4. The fourth-order valence-corrected chi connectivity index (χ4v) is 2.37. The van der Waals surface area contributed by atoms with Crippen molar-refractivity contribution < 1.29 is 4.74 Å².